The van der Waals surface area contributed by atoms with E-state index in [1.165, 1.54) is 13.0 Å². The van der Waals surface area contributed by atoms with Crippen LogP contribution in [0, 0.1) is 27.2 Å². The highest BCUT2D eigenvalue weighted by Crippen LogP contribution is 2.35. The number of furan rings is 1. The van der Waals surface area contributed by atoms with E-state index in [-0.39, 0.29) is 17.0 Å². The molecule has 0 atom stereocenters. The summed E-state index contributed by atoms with van der Waals surface area (Å²) in [4.78, 5) is 33.0. The lowest BCUT2D eigenvalue weighted by atomic mass is 10.1. The Labute approximate surface area is 191 Å². The third-order valence-corrected chi connectivity index (χ3v) is 4.95. The van der Waals surface area contributed by atoms with Crippen LogP contribution >= 0.6 is 11.6 Å². The van der Waals surface area contributed by atoms with E-state index in [0.717, 1.165) is 18.2 Å². The Morgan fingerprint density at radius 2 is 1.74 bits per heavy atom. The number of nitro groups is 2. The number of alkyl halides is 4. The van der Waals surface area contributed by atoms with Crippen molar-refractivity contribution >= 4 is 34.6 Å². The molecule has 0 saturated carbocycles. The van der Waals surface area contributed by atoms with Gasteiger partial charge in [-0.1, -0.05) is 11.6 Å². The van der Waals surface area contributed by atoms with E-state index in [2.05, 4.69) is 10.4 Å². The molecule has 1 aromatic carbocycles. The smallest absolute Gasteiger partial charge is 0.291 e. The van der Waals surface area contributed by atoms with Crippen molar-refractivity contribution in [2.75, 3.05) is 5.32 Å². The summed E-state index contributed by atoms with van der Waals surface area (Å²) in [7, 11) is 0. The van der Waals surface area contributed by atoms with Crippen LogP contribution in [-0.4, -0.2) is 25.5 Å². The van der Waals surface area contributed by atoms with Crippen LogP contribution < -0.4 is 5.32 Å². The summed E-state index contributed by atoms with van der Waals surface area (Å²) in [5.41, 5.74) is -3.69. The van der Waals surface area contributed by atoms with E-state index in [1.807, 2.05) is 0 Å². The fraction of sp³-hybridized carbons (Fsp3) is 0.222. The van der Waals surface area contributed by atoms with Gasteiger partial charge < -0.3 is 9.73 Å². The van der Waals surface area contributed by atoms with Gasteiger partial charge in [-0.3, -0.25) is 29.7 Å². The minimum atomic E-state index is -3.22. The van der Waals surface area contributed by atoms with Gasteiger partial charge in [0, 0.05) is 12.1 Å². The summed E-state index contributed by atoms with van der Waals surface area (Å²) < 4.78 is 58.2. The molecule has 0 aliphatic carbocycles. The van der Waals surface area contributed by atoms with Gasteiger partial charge in [0.2, 0.25) is 0 Å². The number of hydrogen-bond acceptors (Lipinski definition) is 7. The summed E-state index contributed by atoms with van der Waals surface area (Å²) in [6.45, 7) is 0.607. The molecule has 0 unspecified atom stereocenters. The van der Waals surface area contributed by atoms with Crippen molar-refractivity contribution in [1.82, 2.24) is 9.78 Å². The zero-order chi connectivity index (χ0) is 25.3. The molecule has 34 heavy (non-hydrogen) atoms. The fourth-order valence-electron chi connectivity index (χ4n) is 3.00. The van der Waals surface area contributed by atoms with Crippen LogP contribution in [-0.2, 0) is 6.54 Å². The van der Waals surface area contributed by atoms with Crippen LogP contribution in [0.4, 0.5) is 34.6 Å². The molecule has 2 heterocycles. The number of halogens is 5. The lowest BCUT2D eigenvalue weighted by molar-refractivity contribution is -0.395. The van der Waals surface area contributed by atoms with Gasteiger partial charge in [-0.15, -0.1) is 0 Å². The Hall–Kier alpha value is -4.01. The average molecular weight is 506 g/mol. The molecule has 0 saturated heterocycles. The van der Waals surface area contributed by atoms with Gasteiger partial charge in [0.1, 0.15) is 22.7 Å². The molecule has 11 nitrogen and oxygen atoms in total. The number of benzene rings is 1. The van der Waals surface area contributed by atoms with Crippen molar-refractivity contribution in [2.24, 2.45) is 0 Å². The highest BCUT2D eigenvalue weighted by Gasteiger charge is 2.29. The van der Waals surface area contributed by atoms with Gasteiger partial charge in [0.25, 0.3) is 30.1 Å². The highest BCUT2D eigenvalue weighted by molar-refractivity contribution is 6.32. The van der Waals surface area contributed by atoms with Gasteiger partial charge in [0.05, 0.1) is 27.1 Å². The van der Waals surface area contributed by atoms with Crippen LogP contribution in [0.15, 0.2) is 28.7 Å². The molecule has 1 amide bonds. The second kappa shape index (κ2) is 9.46. The normalized spacial score (nSPS) is 11.3. The number of carbonyl (C=O) groups excluding carboxylic acids is 1. The minimum absolute atomic E-state index is 0.132. The number of rotatable bonds is 8. The Kier molecular flexibility index (Phi) is 6.85. The van der Waals surface area contributed by atoms with E-state index in [1.54, 1.807) is 0 Å². The number of nitrogens with zero attached hydrogens (tertiary/aromatic N) is 4. The zero-order valence-corrected chi connectivity index (χ0v) is 17.6. The van der Waals surface area contributed by atoms with Crippen LogP contribution in [0.5, 0.6) is 0 Å². The molecule has 0 fully saturated rings. The lowest BCUT2D eigenvalue weighted by Crippen LogP contribution is -2.12. The van der Waals surface area contributed by atoms with E-state index in [9.17, 15) is 42.6 Å². The van der Waals surface area contributed by atoms with E-state index < -0.39 is 68.7 Å². The number of anilines is 1. The number of hydrogen-bond donors (Lipinski definition) is 1. The maximum atomic E-state index is 13.3. The Morgan fingerprint density at radius 3 is 2.24 bits per heavy atom. The van der Waals surface area contributed by atoms with Gasteiger partial charge >= 0.3 is 0 Å². The summed E-state index contributed by atoms with van der Waals surface area (Å²) in [6, 6.07) is 4.12. The summed E-state index contributed by atoms with van der Waals surface area (Å²) >= 11 is 5.58. The molecular formula is C18H12ClF4N5O6. The highest BCUT2D eigenvalue weighted by atomic mass is 35.5. The zero-order valence-electron chi connectivity index (χ0n) is 16.8. The maximum absolute atomic E-state index is 13.3. The van der Waals surface area contributed by atoms with Crippen molar-refractivity contribution in [3.63, 3.8) is 0 Å². The topological polar surface area (TPSA) is 146 Å². The van der Waals surface area contributed by atoms with Crippen LogP contribution in [0.1, 0.15) is 46.1 Å². The van der Waals surface area contributed by atoms with Crippen LogP contribution in [0.3, 0.4) is 0 Å². The van der Waals surface area contributed by atoms with Gasteiger partial charge in [0.15, 0.2) is 5.76 Å². The first kappa shape index (κ1) is 24.6. The molecule has 1 N–H and O–H groups in total. The van der Waals surface area contributed by atoms with E-state index >= 15 is 0 Å². The summed E-state index contributed by atoms with van der Waals surface area (Å²) in [6.07, 6.45) is -6.43. The Bertz CT molecular complexity index is 1260. The average Bonchev–Trinajstić information content (AvgIpc) is 3.33. The molecule has 0 spiro atoms. The largest absolute Gasteiger partial charge is 0.454 e. The van der Waals surface area contributed by atoms with E-state index in [0.29, 0.717) is 4.68 Å². The summed E-state index contributed by atoms with van der Waals surface area (Å²) in [5, 5.41) is 27.0. The molecule has 2 aromatic heterocycles. The Balaban J connectivity index is 1.86. The molecule has 0 radical (unpaired) electrons. The second-order valence-electron chi connectivity index (χ2n) is 6.72. The monoisotopic (exact) mass is 505 g/mol. The second-order valence-corrected chi connectivity index (χ2v) is 7.10. The van der Waals surface area contributed by atoms with Crippen molar-refractivity contribution < 1.29 is 36.6 Å². The fourth-order valence-corrected chi connectivity index (χ4v) is 3.30. The van der Waals surface area contributed by atoms with Gasteiger partial charge in [-0.25, -0.2) is 17.6 Å². The molecule has 180 valence electrons. The molecule has 0 bridgehead atoms. The molecule has 3 aromatic rings. The van der Waals surface area contributed by atoms with Crippen molar-refractivity contribution in [3.05, 3.63) is 78.0 Å². The Morgan fingerprint density at radius 1 is 1.15 bits per heavy atom. The maximum Gasteiger partial charge on any atom is 0.291 e. The number of amides is 1. The third kappa shape index (κ3) is 4.83. The van der Waals surface area contributed by atoms with Crippen molar-refractivity contribution in [1.29, 1.82) is 0 Å². The number of nitro benzene ring substituents is 2. The number of carbonyl (C=O) groups is 1. The van der Waals surface area contributed by atoms with Crippen molar-refractivity contribution in [2.45, 2.75) is 26.3 Å². The van der Waals surface area contributed by atoms with Crippen molar-refractivity contribution in [3.8, 4) is 0 Å². The first-order chi connectivity index (χ1) is 15.9. The minimum Gasteiger partial charge on any atom is -0.454 e. The molecule has 3 rings (SSSR count). The first-order valence-corrected chi connectivity index (χ1v) is 9.44. The quantitative estimate of drug-likeness (QED) is 0.244. The van der Waals surface area contributed by atoms with Crippen LogP contribution in [0.25, 0.3) is 0 Å². The lowest BCUT2D eigenvalue weighted by Gasteiger charge is -2.06. The summed E-state index contributed by atoms with van der Waals surface area (Å²) in [5.74, 6) is -1.50. The first-order valence-electron chi connectivity index (χ1n) is 9.06. The third-order valence-electron chi connectivity index (χ3n) is 4.56. The number of nitrogens with one attached hydrogen (secondary N) is 1. The predicted molar refractivity (Wildman–Crippen MR) is 107 cm³/mol. The standard InChI is InChI=1S/C18H12ClF4N5O6/c1-7-10(27(30)31)4-8(5-11(7)28(32)33)24-18(29)12-3-2-9(34-12)6-26-15(17(22)23)13(19)14(25-26)16(20)21/h2-5,16-17H,6H2,1H3,(H,24,29). The molecule has 0 aliphatic heterocycles. The molecule has 0 aliphatic rings. The predicted octanol–water partition coefficient (Wildman–Crippen LogP) is 5.43. The SMILES string of the molecule is Cc1c([N+](=O)[O-])cc(NC(=O)c2ccc(Cn3nc(C(F)F)c(Cl)c3C(F)F)o2)cc1[N+](=O)[O-]. The van der Waals surface area contributed by atoms with Crippen LogP contribution in [0.2, 0.25) is 5.02 Å². The van der Waals surface area contributed by atoms with Gasteiger partial charge in [-0.05, 0) is 19.1 Å². The van der Waals surface area contributed by atoms with E-state index in [4.69, 9.17) is 16.0 Å². The molecular weight excluding hydrogens is 494 g/mol. The number of aromatic nitrogens is 2. The molecule has 16 heteroatoms. The van der Waals surface area contributed by atoms with Gasteiger partial charge in [-0.2, -0.15) is 5.10 Å².